The van der Waals surface area contributed by atoms with E-state index in [9.17, 15) is 27.5 Å². The topological polar surface area (TPSA) is 109 Å². The van der Waals surface area contributed by atoms with Crippen molar-refractivity contribution in [1.82, 2.24) is 14.2 Å². The van der Waals surface area contributed by atoms with E-state index in [2.05, 4.69) is 5.32 Å². The molecule has 1 aromatic heterocycles. The van der Waals surface area contributed by atoms with Crippen molar-refractivity contribution in [2.75, 3.05) is 19.4 Å². The van der Waals surface area contributed by atoms with Crippen LogP contribution in [0.25, 0.3) is 11.1 Å². The number of carbonyl (C=O) groups is 1. The Hall–Kier alpha value is -2.56. The number of sulfonamides is 1. The quantitative estimate of drug-likeness (QED) is 0.667. The molecule has 1 aromatic carbocycles. The van der Waals surface area contributed by atoms with Crippen LogP contribution in [-0.2, 0) is 21.4 Å². The summed E-state index contributed by atoms with van der Waals surface area (Å²) in [5, 5.41) is 12.9. The Labute approximate surface area is 185 Å². The van der Waals surface area contributed by atoms with Crippen molar-refractivity contribution < 1.29 is 22.7 Å². The number of carbonyl (C=O) groups excluding carboxylic acids is 1. The summed E-state index contributed by atoms with van der Waals surface area (Å²) in [6, 6.07) is 7.30. The molecule has 2 N–H and O–H groups in total. The van der Waals surface area contributed by atoms with Gasteiger partial charge in [0, 0.05) is 42.9 Å². The molecule has 0 unspecified atom stereocenters. The molecule has 0 radical (unpaired) electrons. The van der Waals surface area contributed by atoms with Crippen molar-refractivity contribution in [2.45, 2.75) is 32.0 Å². The highest BCUT2D eigenvalue weighted by molar-refractivity contribution is 7.88. The molecule has 2 aromatic rings. The fourth-order valence-corrected chi connectivity index (χ4v) is 6.43. The highest BCUT2D eigenvalue weighted by Gasteiger charge is 2.58. The third-order valence-corrected chi connectivity index (χ3v) is 7.65. The molecule has 0 saturated carbocycles. The average Bonchev–Trinajstić information content (AvgIpc) is 3.01. The molecule has 4 atom stereocenters. The molecule has 2 bridgehead atoms. The van der Waals surface area contributed by atoms with Crippen LogP contribution in [0.1, 0.15) is 25.1 Å². The van der Waals surface area contributed by atoms with Gasteiger partial charge in [-0.05, 0) is 24.6 Å². The zero-order chi connectivity index (χ0) is 23.2. The van der Waals surface area contributed by atoms with Gasteiger partial charge in [-0.1, -0.05) is 25.1 Å². The van der Waals surface area contributed by atoms with Crippen LogP contribution in [0.15, 0.2) is 41.2 Å². The highest BCUT2D eigenvalue weighted by atomic mass is 32.2. The maximum absolute atomic E-state index is 14.4. The molecule has 2 aliphatic rings. The summed E-state index contributed by atoms with van der Waals surface area (Å²) in [5.74, 6) is -2.42. The van der Waals surface area contributed by atoms with Gasteiger partial charge >= 0.3 is 0 Å². The second-order valence-corrected chi connectivity index (χ2v) is 10.2. The van der Waals surface area contributed by atoms with Gasteiger partial charge < -0.3 is 15.0 Å². The third-order valence-electron chi connectivity index (χ3n) is 6.39. The standard InChI is InChI=1S/C22H26FN3O5S/c1-3-10-24-21(28)19-15(12-27)18-11-25-17(20(19)26(18)32(2,30)31)9-8-14(22(25)29)13-6-4-5-7-16(13)23/h4-9,15,18-20,27H,3,10-12H2,1-2H3,(H,24,28)/t15-,18-,19+,20+/m1/s1. The van der Waals surface area contributed by atoms with Crippen LogP contribution in [0.4, 0.5) is 4.39 Å². The normalized spacial score (nSPS) is 24.9. The number of halogens is 1. The van der Waals surface area contributed by atoms with Gasteiger partial charge in [0.1, 0.15) is 5.82 Å². The van der Waals surface area contributed by atoms with Crippen LogP contribution < -0.4 is 10.9 Å². The number of amides is 1. The zero-order valence-electron chi connectivity index (χ0n) is 17.9. The first-order valence-electron chi connectivity index (χ1n) is 10.6. The fraction of sp³-hybridized carbons (Fsp3) is 0.455. The van der Waals surface area contributed by atoms with Gasteiger partial charge in [-0.25, -0.2) is 12.8 Å². The van der Waals surface area contributed by atoms with E-state index in [1.807, 2.05) is 6.92 Å². The molecular formula is C22H26FN3O5S. The lowest BCUT2D eigenvalue weighted by Gasteiger charge is -2.36. The third kappa shape index (κ3) is 3.56. The van der Waals surface area contributed by atoms with Gasteiger partial charge in [-0.15, -0.1) is 0 Å². The summed E-state index contributed by atoms with van der Waals surface area (Å²) >= 11 is 0. The first-order chi connectivity index (χ1) is 15.2. The monoisotopic (exact) mass is 463 g/mol. The number of hydrogen-bond donors (Lipinski definition) is 2. The molecule has 0 spiro atoms. The van der Waals surface area contributed by atoms with Crippen LogP contribution in [0, 0.1) is 17.7 Å². The first-order valence-corrected chi connectivity index (χ1v) is 12.4. The fourth-order valence-electron chi connectivity index (χ4n) is 5.06. The number of pyridine rings is 1. The summed E-state index contributed by atoms with van der Waals surface area (Å²) in [7, 11) is -3.75. The van der Waals surface area contributed by atoms with Crippen LogP contribution >= 0.6 is 0 Å². The van der Waals surface area contributed by atoms with Gasteiger partial charge in [0.15, 0.2) is 0 Å². The number of aliphatic hydroxyl groups is 1. The SMILES string of the molecule is CCCNC(=O)[C@H]1[C@H](CO)[C@H]2Cn3c(ccc(-c4ccccc4F)c3=O)[C@@H]1N2S(C)(=O)=O. The minimum Gasteiger partial charge on any atom is -0.396 e. The van der Waals surface area contributed by atoms with E-state index in [1.54, 1.807) is 12.1 Å². The van der Waals surface area contributed by atoms with E-state index in [0.29, 0.717) is 18.7 Å². The molecule has 8 nitrogen and oxygen atoms in total. The number of rotatable bonds is 6. The number of benzene rings is 1. The average molecular weight is 464 g/mol. The Kier molecular flexibility index (Phi) is 5.95. The molecule has 2 aliphatic heterocycles. The molecule has 1 amide bonds. The summed E-state index contributed by atoms with van der Waals surface area (Å²) in [6.45, 7) is 1.89. The second-order valence-electron chi connectivity index (χ2n) is 8.34. The zero-order valence-corrected chi connectivity index (χ0v) is 18.7. The number of aliphatic hydroxyl groups excluding tert-OH is 1. The minimum atomic E-state index is -3.75. The van der Waals surface area contributed by atoms with Crippen molar-refractivity contribution >= 4 is 15.9 Å². The van der Waals surface area contributed by atoms with Crippen LogP contribution in [0.5, 0.6) is 0 Å². The molecular weight excluding hydrogens is 437 g/mol. The molecule has 3 heterocycles. The van der Waals surface area contributed by atoms with E-state index in [-0.39, 0.29) is 23.6 Å². The van der Waals surface area contributed by atoms with Crippen LogP contribution in [-0.4, -0.2) is 53.8 Å². The van der Waals surface area contributed by atoms with Crippen LogP contribution in [0.3, 0.4) is 0 Å². The summed E-state index contributed by atoms with van der Waals surface area (Å²) < 4.78 is 42.4. The second kappa shape index (κ2) is 8.42. The lowest BCUT2D eigenvalue weighted by atomic mass is 9.86. The van der Waals surface area contributed by atoms with Gasteiger partial charge in [0.05, 0.1) is 23.8 Å². The number of nitrogens with zero attached hydrogens (tertiary/aromatic N) is 2. The van der Waals surface area contributed by atoms with Crippen molar-refractivity contribution in [2.24, 2.45) is 11.8 Å². The Morgan fingerprint density at radius 1 is 1.22 bits per heavy atom. The Balaban J connectivity index is 1.89. The maximum Gasteiger partial charge on any atom is 0.258 e. The predicted octanol–water partition coefficient (Wildman–Crippen LogP) is 1.10. The summed E-state index contributed by atoms with van der Waals surface area (Å²) in [4.78, 5) is 26.4. The largest absolute Gasteiger partial charge is 0.396 e. The summed E-state index contributed by atoms with van der Waals surface area (Å²) in [5.41, 5.74) is 0.222. The highest BCUT2D eigenvalue weighted by Crippen LogP contribution is 2.49. The van der Waals surface area contributed by atoms with Gasteiger partial charge in [0.25, 0.3) is 5.56 Å². The molecule has 10 heteroatoms. The predicted molar refractivity (Wildman–Crippen MR) is 117 cm³/mol. The van der Waals surface area contributed by atoms with E-state index in [4.69, 9.17) is 0 Å². The Morgan fingerprint density at radius 2 is 1.94 bits per heavy atom. The van der Waals surface area contributed by atoms with Crippen LogP contribution in [0.2, 0.25) is 0 Å². The molecule has 172 valence electrons. The van der Waals surface area contributed by atoms with E-state index >= 15 is 0 Å². The van der Waals surface area contributed by atoms with Crippen molar-refractivity contribution in [3.8, 4) is 11.1 Å². The maximum atomic E-state index is 14.4. The van der Waals surface area contributed by atoms with E-state index in [0.717, 1.165) is 6.26 Å². The Morgan fingerprint density at radius 3 is 2.56 bits per heavy atom. The molecule has 1 saturated heterocycles. The smallest absolute Gasteiger partial charge is 0.258 e. The van der Waals surface area contributed by atoms with Gasteiger partial charge in [0.2, 0.25) is 15.9 Å². The lowest BCUT2D eigenvalue weighted by molar-refractivity contribution is -0.127. The van der Waals surface area contributed by atoms with Crippen molar-refractivity contribution in [3.05, 3.63) is 58.3 Å². The molecule has 32 heavy (non-hydrogen) atoms. The Bertz CT molecular complexity index is 1210. The lowest BCUT2D eigenvalue weighted by Crippen LogP contribution is -2.48. The first kappa shape index (κ1) is 22.6. The van der Waals surface area contributed by atoms with Crippen molar-refractivity contribution in [1.29, 1.82) is 0 Å². The molecule has 1 fully saturated rings. The molecule has 0 aliphatic carbocycles. The van der Waals surface area contributed by atoms with E-state index in [1.165, 1.54) is 33.1 Å². The number of nitrogens with one attached hydrogen (secondary N) is 1. The van der Waals surface area contributed by atoms with E-state index < -0.39 is 51.9 Å². The van der Waals surface area contributed by atoms with Crippen molar-refractivity contribution in [3.63, 3.8) is 0 Å². The minimum absolute atomic E-state index is 0.0250. The molecule has 4 rings (SSSR count). The number of fused-ring (bicyclic) bond motifs is 4. The number of hydrogen-bond acceptors (Lipinski definition) is 5. The summed E-state index contributed by atoms with van der Waals surface area (Å²) in [6.07, 6.45) is 1.77. The number of aromatic nitrogens is 1. The van der Waals surface area contributed by atoms with Gasteiger partial charge in [-0.2, -0.15) is 4.31 Å². The van der Waals surface area contributed by atoms with Gasteiger partial charge in [-0.3, -0.25) is 9.59 Å².